The smallest absolute Gasteiger partial charge is 0.243 e. The van der Waals surface area contributed by atoms with Crippen molar-refractivity contribution < 1.29 is 33.9 Å². The van der Waals surface area contributed by atoms with Gasteiger partial charge >= 0.3 is 0 Å². The molecule has 0 unspecified atom stereocenters. The Hall–Kier alpha value is -5.16. The minimum atomic E-state index is -1.14. The maximum atomic E-state index is 13.8. The number of hydrogen-bond acceptors (Lipinski definition) is 11. The average Bonchev–Trinajstić information content (AvgIpc) is 3.15. The van der Waals surface area contributed by atoms with Gasteiger partial charge in [-0.05, 0) is 74.0 Å². The molecule has 16 nitrogen and oxygen atoms in total. The summed E-state index contributed by atoms with van der Waals surface area (Å²) in [6, 6.07) is 10.0. The lowest BCUT2D eigenvalue weighted by Gasteiger charge is -2.26. The van der Waals surface area contributed by atoms with E-state index in [-0.39, 0.29) is 43.8 Å². The molecule has 300 valence electrons. The van der Waals surface area contributed by atoms with Crippen LogP contribution in [-0.2, 0) is 41.6 Å². The monoisotopic (exact) mass is 781 g/mol. The van der Waals surface area contributed by atoms with E-state index in [1.807, 2.05) is 26.2 Å². The first-order chi connectivity index (χ1) is 26.2. The van der Waals surface area contributed by atoms with Gasteiger partial charge in [0.25, 0.3) is 0 Å². The summed E-state index contributed by atoms with van der Waals surface area (Å²) in [7, 11) is 0. The zero-order chi connectivity index (χ0) is 40.3. The van der Waals surface area contributed by atoms with E-state index < -0.39 is 72.2 Å². The van der Waals surface area contributed by atoms with Gasteiger partial charge in [0.15, 0.2) is 5.17 Å². The Balaban J connectivity index is 1.86. The van der Waals surface area contributed by atoms with Crippen LogP contribution in [0, 0.1) is 5.92 Å². The Bertz CT molecular complexity index is 1630. The Morgan fingerprint density at radius 2 is 1.58 bits per heavy atom. The number of hydrogen-bond donors (Lipinski definition) is 9. The number of phenolic OH excluding ortho intramolecular Hbond substituents is 1. The van der Waals surface area contributed by atoms with Crippen LogP contribution in [0.25, 0.3) is 0 Å². The second kappa shape index (κ2) is 22.9. The van der Waals surface area contributed by atoms with Crippen molar-refractivity contribution in [2.45, 2.75) is 89.0 Å². The third-order valence-corrected chi connectivity index (χ3v) is 9.42. The number of aliphatic imine (C=N–C) groups is 1. The highest BCUT2D eigenvalue weighted by Gasteiger charge is 2.30. The minimum absolute atomic E-state index is 0.0263. The number of nitrogens with two attached hydrogens (primary N) is 2. The van der Waals surface area contributed by atoms with Gasteiger partial charge in [-0.3, -0.25) is 33.8 Å². The molecule has 0 fully saturated rings. The maximum absolute atomic E-state index is 13.8. The molecule has 2 aromatic carbocycles. The Kier molecular flexibility index (Phi) is 18.4. The van der Waals surface area contributed by atoms with Gasteiger partial charge in [-0.15, -0.1) is 0 Å². The molecule has 5 atom stereocenters. The third kappa shape index (κ3) is 16.0. The van der Waals surface area contributed by atoms with Gasteiger partial charge in [-0.1, -0.05) is 68.1 Å². The van der Waals surface area contributed by atoms with E-state index in [0.717, 1.165) is 5.56 Å². The minimum Gasteiger partial charge on any atom is -0.508 e. The lowest BCUT2D eigenvalue weighted by Crippen LogP contribution is -2.58. The molecule has 1 aliphatic rings. The molecule has 11 N–H and O–H groups in total. The fourth-order valence-electron chi connectivity index (χ4n) is 5.82. The van der Waals surface area contributed by atoms with Crippen LogP contribution in [0.15, 0.2) is 59.6 Å². The van der Waals surface area contributed by atoms with Crippen LogP contribution in [0.1, 0.15) is 57.1 Å². The van der Waals surface area contributed by atoms with Crippen LogP contribution in [-0.4, -0.2) is 102 Å². The number of carbonyl (C=O) groups is 6. The fraction of sp³-hybridized carbons (Fsp3) is 0.500. The number of benzene rings is 2. The number of amides is 6. The van der Waals surface area contributed by atoms with Gasteiger partial charge < -0.3 is 48.5 Å². The maximum Gasteiger partial charge on any atom is 0.243 e. The Morgan fingerprint density at radius 3 is 2.24 bits per heavy atom. The van der Waals surface area contributed by atoms with E-state index in [9.17, 15) is 33.9 Å². The van der Waals surface area contributed by atoms with Crippen molar-refractivity contribution >= 4 is 52.4 Å². The summed E-state index contributed by atoms with van der Waals surface area (Å²) in [6.45, 7) is 3.98. The number of nitrogens with zero attached hydrogens (tertiary/aromatic N) is 1. The zero-order valence-corrected chi connectivity index (χ0v) is 32.5. The first kappa shape index (κ1) is 44.2. The van der Waals surface area contributed by atoms with E-state index in [1.165, 1.54) is 23.9 Å². The van der Waals surface area contributed by atoms with Crippen LogP contribution < -0.4 is 43.4 Å². The first-order valence-corrected chi connectivity index (χ1v) is 19.6. The number of amidine groups is 1. The van der Waals surface area contributed by atoms with E-state index in [0.29, 0.717) is 36.7 Å². The quantitative estimate of drug-likeness (QED) is 0.164. The molecule has 6 amide bonds. The van der Waals surface area contributed by atoms with Crippen molar-refractivity contribution in [3.05, 3.63) is 65.7 Å². The molecule has 3 rings (SSSR count). The van der Waals surface area contributed by atoms with Crippen LogP contribution >= 0.6 is 11.8 Å². The van der Waals surface area contributed by atoms with Crippen LogP contribution in [0.4, 0.5) is 0 Å². The lowest BCUT2D eigenvalue weighted by molar-refractivity contribution is -0.134. The normalized spacial score (nSPS) is 21.9. The molecule has 0 radical (unpaired) electrons. The molecular weight excluding hydrogens is 727 g/mol. The Morgan fingerprint density at radius 1 is 0.891 bits per heavy atom. The fourth-order valence-corrected chi connectivity index (χ4v) is 6.29. The highest BCUT2D eigenvalue weighted by atomic mass is 32.2. The average molecular weight is 782 g/mol. The van der Waals surface area contributed by atoms with Crippen LogP contribution in [0.2, 0.25) is 0 Å². The molecule has 17 heteroatoms. The third-order valence-electron chi connectivity index (χ3n) is 8.76. The van der Waals surface area contributed by atoms with Crippen LogP contribution in [0.3, 0.4) is 0 Å². The van der Waals surface area contributed by atoms with E-state index in [2.05, 4.69) is 36.9 Å². The summed E-state index contributed by atoms with van der Waals surface area (Å²) in [4.78, 5) is 84.2. The van der Waals surface area contributed by atoms with Gasteiger partial charge in [0.05, 0.1) is 12.6 Å². The van der Waals surface area contributed by atoms with Gasteiger partial charge in [0, 0.05) is 19.5 Å². The van der Waals surface area contributed by atoms with E-state index in [4.69, 9.17) is 11.5 Å². The molecule has 0 aromatic heterocycles. The van der Waals surface area contributed by atoms with Gasteiger partial charge in [0.2, 0.25) is 35.4 Å². The SMILES string of the molecule is CSC1=NCCC[C@@H](C(N)=O)NC(=O)[C@H](CC(C)C)NC(=O)[C@H](Cc2ccccc2)NC(=O)CNC(=O)[C@H](NC(=O)[C@@H](N)Cc2ccc(O)cc2)CCCN1. The zero-order valence-electron chi connectivity index (χ0n) is 31.6. The molecular formula is C38H55N9O7S. The highest BCUT2D eigenvalue weighted by Crippen LogP contribution is 2.12. The van der Waals surface area contributed by atoms with E-state index in [1.54, 1.807) is 36.4 Å². The standard InChI is InChI=1S/C38H55N9O7S/c1-23(2)19-30-36(53)45-28(33(40)50)11-7-17-41-38(55-3)42-18-8-12-29(46-34(51)27(39)20-25-13-15-26(48)16-14-25)35(52)43-22-32(49)44-31(37(54)47-30)21-24-9-5-4-6-10-24/h4-6,9-10,13-16,23,27-31,48H,7-8,11-12,17-22,39H2,1-3H3,(H2,40,50)(H,41,42)(H,43,52)(H,44,49)(H,45,53)(H,46,51)(H,47,54)/t27-,28-,29+,30-,31-/m0/s1. The number of aromatic hydroxyl groups is 1. The predicted octanol–water partition coefficient (Wildman–Crippen LogP) is -0.0259. The summed E-state index contributed by atoms with van der Waals surface area (Å²) in [5, 5.41) is 26.8. The number of primary amides is 1. The second-order valence-corrected chi connectivity index (χ2v) is 14.6. The number of nitrogens with one attached hydrogen (secondary N) is 6. The summed E-state index contributed by atoms with van der Waals surface area (Å²) in [5.41, 5.74) is 13.3. The van der Waals surface area contributed by atoms with Crippen molar-refractivity contribution in [1.29, 1.82) is 0 Å². The molecule has 0 aliphatic carbocycles. The molecule has 1 aliphatic heterocycles. The van der Waals surface area contributed by atoms with Crippen LogP contribution in [0.5, 0.6) is 5.75 Å². The number of thioether (sulfide) groups is 1. The molecule has 2 aromatic rings. The molecule has 0 saturated heterocycles. The number of rotatable bonds is 9. The van der Waals surface area contributed by atoms with Crippen molar-refractivity contribution in [1.82, 2.24) is 31.9 Å². The largest absolute Gasteiger partial charge is 0.508 e. The van der Waals surface area contributed by atoms with Crippen molar-refractivity contribution in [2.24, 2.45) is 22.4 Å². The molecule has 0 saturated carbocycles. The first-order valence-electron chi connectivity index (χ1n) is 18.4. The van der Waals surface area contributed by atoms with Crippen molar-refractivity contribution in [2.75, 3.05) is 25.9 Å². The topological polar surface area (TPSA) is 259 Å². The second-order valence-electron chi connectivity index (χ2n) is 13.8. The summed E-state index contributed by atoms with van der Waals surface area (Å²) in [6.07, 6.45) is 3.56. The number of phenols is 1. The summed E-state index contributed by atoms with van der Waals surface area (Å²) < 4.78 is 0. The van der Waals surface area contributed by atoms with Crippen molar-refractivity contribution in [3.8, 4) is 5.75 Å². The summed E-state index contributed by atoms with van der Waals surface area (Å²) >= 11 is 1.37. The van der Waals surface area contributed by atoms with Gasteiger partial charge in [-0.25, -0.2) is 0 Å². The van der Waals surface area contributed by atoms with Gasteiger partial charge in [0.1, 0.15) is 29.9 Å². The molecule has 55 heavy (non-hydrogen) atoms. The predicted molar refractivity (Wildman–Crippen MR) is 212 cm³/mol. The molecule has 0 spiro atoms. The van der Waals surface area contributed by atoms with E-state index >= 15 is 0 Å². The molecule has 0 bridgehead atoms. The molecule has 1 heterocycles. The van der Waals surface area contributed by atoms with Crippen molar-refractivity contribution in [3.63, 3.8) is 0 Å². The Labute approximate surface area is 326 Å². The van der Waals surface area contributed by atoms with Gasteiger partial charge in [-0.2, -0.15) is 0 Å². The highest BCUT2D eigenvalue weighted by molar-refractivity contribution is 8.13. The lowest BCUT2D eigenvalue weighted by atomic mass is 10.0. The number of carbonyl (C=O) groups excluding carboxylic acids is 6. The summed E-state index contributed by atoms with van der Waals surface area (Å²) in [5.74, 6) is -3.77.